The highest BCUT2D eigenvalue weighted by molar-refractivity contribution is 6.31. The van der Waals surface area contributed by atoms with E-state index < -0.39 is 0 Å². The highest BCUT2D eigenvalue weighted by Gasteiger charge is 2.08. The molecule has 4 heteroatoms. The standard InChI is InChI=1S/C14H18ClN3/c1-10(2)18-9-11(3)17-14(18)16-8-12-6-4-5-7-13(12)15/h4-7,9-10H,8H2,1-3H3,(H,16,17). The van der Waals surface area contributed by atoms with Crippen LogP contribution < -0.4 is 5.32 Å². The van der Waals surface area contributed by atoms with E-state index in [1.807, 2.05) is 31.2 Å². The molecule has 0 saturated heterocycles. The second-order valence-corrected chi connectivity index (χ2v) is 5.06. The van der Waals surface area contributed by atoms with E-state index in [9.17, 15) is 0 Å². The molecule has 96 valence electrons. The number of imidazole rings is 1. The zero-order valence-corrected chi connectivity index (χ0v) is 11.7. The van der Waals surface area contributed by atoms with E-state index in [-0.39, 0.29) is 0 Å². The third-order valence-corrected chi connectivity index (χ3v) is 3.17. The van der Waals surface area contributed by atoms with Crippen molar-refractivity contribution in [1.82, 2.24) is 9.55 Å². The maximum atomic E-state index is 6.13. The molecule has 0 fully saturated rings. The van der Waals surface area contributed by atoms with Crippen LogP contribution in [0.3, 0.4) is 0 Å². The molecule has 0 aliphatic carbocycles. The quantitative estimate of drug-likeness (QED) is 0.902. The average Bonchev–Trinajstić information content (AvgIpc) is 2.70. The summed E-state index contributed by atoms with van der Waals surface area (Å²) in [5.41, 5.74) is 2.10. The van der Waals surface area contributed by atoms with Gasteiger partial charge >= 0.3 is 0 Å². The average molecular weight is 264 g/mol. The van der Waals surface area contributed by atoms with Crippen LogP contribution in [0.25, 0.3) is 0 Å². The molecule has 18 heavy (non-hydrogen) atoms. The summed E-state index contributed by atoms with van der Waals surface area (Å²) in [6.07, 6.45) is 2.06. The fourth-order valence-electron chi connectivity index (χ4n) is 1.86. The van der Waals surface area contributed by atoms with Gasteiger partial charge in [-0.1, -0.05) is 29.8 Å². The van der Waals surface area contributed by atoms with Gasteiger partial charge in [0, 0.05) is 23.8 Å². The van der Waals surface area contributed by atoms with Crippen LogP contribution in [0.15, 0.2) is 30.5 Å². The van der Waals surface area contributed by atoms with Gasteiger partial charge in [-0.3, -0.25) is 0 Å². The summed E-state index contributed by atoms with van der Waals surface area (Å²) in [4.78, 5) is 4.49. The maximum absolute atomic E-state index is 6.13. The van der Waals surface area contributed by atoms with E-state index in [4.69, 9.17) is 11.6 Å². The second kappa shape index (κ2) is 5.44. The second-order valence-electron chi connectivity index (χ2n) is 4.65. The van der Waals surface area contributed by atoms with Gasteiger partial charge in [0.2, 0.25) is 5.95 Å². The number of hydrogen-bond donors (Lipinski definition) is 1. The lowest BCUT2D eigenvalue weighted by Crippen LogP contribution is -2.09. The minimum Gasteiger partial charge on any atom is -0.352 e. The van der Waals surface area contributed by atoms with Crippen molar-refractivity contribution in [3.05, 3.63) is 46.7 Å². The Morgan fingerprint density at radius 2 is 2.06 bits per heavy atom. The Bertz CT molecular complexity index is 532. The Morgan fingerprint density at radius 3 is 2.72 bits per heavy atom. The van der Waals surface area contributed by atoms with Gasteiger partial charge in [0.1, 0.15) is 0 Å². The molecule has 0 saturated carbocycles. The van der Waals surface area contributed by atoms with Crippen LogP contribution in [0.1, 0.15) is 31.1 Å². The minimum absolute atomic E-state index is 0.389. The largest absolute Gasteiger partial charge is 0.352 e. The Hall–Kier alpha value is -1.48. The van der Waals surface area contributed by atoms with Crippen molar-refractivity contribution >= 4 is 17.5 Å². The summed E-state index contributed by atoms with van der Waals surface area (Å²) in [6, 6.07) is 8.23. The molecular weight excluding hydrogens is 246 g/mol. The van der Waals surface area contributed by atoms with Gasteiger partial charge in [-0.15, -0.1) is 0 Å². The number of nitrogens with zero attached hydrogens (tertiary/aromatic N) is 2. The van der Waals surface area contributed by atoms with Gasteiger partial charge in [0.05, 0.1) is 5.69 Å². The molecule has 0 aliphatic rings. The highest BCUT2D eigenvalue weighted by Crippen LogP contribution is 2.19. The molecule has 1 N–H and O–H groups in total. The monoisotopic (exact) mass is 263 g/mol. The fraction of sp³-hybridized carbons (Fsp3) is 0.357. The fourth-order valence-corrected chi connectivity index (χ4v) is 2.06. The van der Waals surface area contributed by atoms with Crippen molar-refractivity contribution in [3.63, 3.8) is 0 Å². The van der Waals surface area contributed by atoms with Gasteiger partial charge in [-0.2, -0.15) is 0 Å². The number of anilines is 1. The van der Waals surface area contributed by atoms with E-state index in [1.54, 1.807) is 0 Å². The molecule has 1 aromatic heterocycles. The van der Waals surface area contributed by atoms with Crippen molar-refractivity contribution in [2.75, 3.05) is 5.32 Å². The van der Waals surface area contributed by atoms with Crippen molar-refractivity contribution in [3.8, 4) is 0 Å². The van der Waals surface area contributed by atoms with Gasteiger partial charge in [0.25, 0.3) is 0 Å². The molecule has 0 amide bonds. The zero-order valence-electron chi connectivity index (χ0n) is 10.9. The molecule has 0 bridgehead atoms. The predicted molar refractivity (Wildman–Crippen MR) is 76.1 cm³/mol. The molecular formula is C14H18ClN3. The van der Waals surface area contributed by atoms with Gasteiger partial charge in [-0.25, -0.2) is 4.98 Å². The SMILES string of the molecule is Cc1cn(C(C)C)c(NCc2ccccc2Cl)n1. The number of aromatic nitrogens is 2. The van der Waals surface area contributed by atoms with Crippen LogP contribution >= 0.6 is 11.6 Å². The summed E-state index contributed by atoms with van der Waals surface area (Å²) < 4.78 is 2.13. The molecule has 0 atom stereocenters. The smallest absolute Gasteiger partial charge is 0.203 e. The highest BCUT2D eigenvalue weighted by atomic mass is 35.5. The maximum Gasteiger partial charge on any atom is 0.203 e. The van der Waals surface area contributed by atoms with Crippen LogP contribution in [0, 0.1) is 6.92 Å². The Morgan fingerprint density at radius 1 is 1.33 bits per heavy atom. The lowest BCUT2D eigenvalue weighted by atomic mass is 10.2. The molecule has 0 radical (unpaired) electrons. The van der Waals surface area contributed by atoms with E-state index in [0.29, 0.717) is 12.6 Å². The van der Waals surface area contributed by atoms with Crippen LogP contribution in [-0.4, -0.2) is 9.55 Å². The first-order chi connectivity index (χ1) is 8.58. The number of halogens is 1. The molecule has 1 heterocycles. The Balaban J connectivity index is 2.13. The molecule has 0 unspecified atom stereocenters. The van der Waals surface area contributed by atoms with Crippen molar-refractivity contribution in [1.29, 1.82) is 0 Å². The normalized spacial score (nSPS) is 10.9. The predicted octanol–water partition coefficient (Wildman–Crippen LogP) is 4.04. The summed E-state index contributed by atoms with van der Waals surface area (Å²) in [5.74, 6) is 0.891. The molecule has 0 spiro atoms. The zero-order chi connectivity index (χ0) is 13.1. The first-order valence-electron chi connectivity index (χ1n) is 6.10. The van der Waals surface area contributed by atoms with Crippen LogP contribution in [0.4, 0.5) is 5.95 Å². The number of benzene rings is 1. The van der Waals surface area contributed by atoms with Crippen molar-refractivity contribution in [2.24, 2.45) is 0 Å². The number of nitrogens with one attached hydrogen (secondary N) is 1. The van der Waals surface area contributed by atoms with Crippen LogP contribution in [0.2, 0.25) is 5.02 Å². The lowest BCUT2D eigenvalue weighted by Gasteiger charge is -2.13. The minimum atomic E-state index is 0.389. The van der Waals surface area contributed by atoms with Gasteiger partial charge in [0.15, 0.2) is 0 Å². The van der Waals surface area contributed by atoms with Gasteiger partial charge in [-0.05, 0) is 32.4 Å². The Kier molecular flexibility index (Phi) is 3.92. The van der Waals surface area contributed by atoms with E-state index in [2.05, 4.69) is 34.9 Å². The summed E-state index contributed by atoms with van der Waals surface area (Å²) >= 11 is 6.13. The third kappa shape index (κ3) is 2.85. The number of hydrogen-bond acceptors (Lipinski definition) is 2. The molecule has 1 aromatic carbocycles. The number of aryl methyl sites for hydroxylation is 1. The molecule has 2 rings (SSSR count). The molecule has 2 aromatic rings. The van der Waals surface area contributed by atoms with Crippen molar-refractivity contribution < 1.29 is 0 Å². The van der Waals surface area contributed by atoms with Crippen LogP contribution in [0.5, 0.6) is 0 Å². The summed E-state index contributed by atoms with van der Waals surface area (Å²) in [5, 5.41) is 4.12. The van der Waals surface area contributed by atoms with E-state index >= 15 is 0 Å². The topological polar surface area (TPSA) is 29.9 Å². The number of rotatable bonds is 4. The molecule has 0 aliphatic heterocycles. The lowest BCUT2D eigenvalue weighted by molar-refractivity contribution is 0.604. The third-order valence-electron chi connectivity index (χ3n) is 2.80. The summed E-state index contributed by atoms with van der Waals surface area (Å²) in [7, 11) is 0. The van der Waals surface area contributed by atoms with Crippen molar-refractivity contribution in [2.45, 2.75) is 33.4 Å². The van der Waals surface area contributed by atoms with Gasteiger partial charge < -0.3 is 9.88 Å². The molecule has 3 nitrogen and oxygen atoms in total. The van der Waals surface area contributed by atoms with E-state index in [1.165, 1.54) is 0 Å². The first kappa shape index (κ1) is 13.0. The van der Waals surface area contributed by atoms with Crippen LogP contribution in [-0.2, 0) is 6.54 Å². The van der Waals surface area contributed by atoms with E-state index in [0.717, 1.165) is 22.2 Å². The Labute approximate surface area is 113 Å². The first-order valence-corrected chi connectivity index (χ1v) is 6.48. The summed E-state index contributed by atoms with van der Waals surface area (Å²) in [6.45, 7) is 6.96.